The Kier molecular flexibility index (Phi) is 5.17. The van der Waals surface area contributed by atoms with Gasteiger partial charge in [-0.3, -0.25) is 4.79 Å². The van der Waals surface area contributed by atoms with Gasteiger partial charge in [-0.25, -0.2) is 0 Å². The predicted molar refractivity (Wildman–Crippen MR) is 63.7 cm³/mol. The smallest absolute Gasteiger partial charge is 0.406 e. The van der Waals surface area contributed by atoms with Crippen molar-refractivity contribution in [1.82, 2.24) is 5.32 Å². The van der Waals surface area contributed by atoms with Crippen molar-refractivity contribution in [3.05, 3.63) is 29.8 Å². The number of ether oxygens (including phenoxy) is 1. The van der Waals surface area contributed by atoms with Gasteiger partial charge in [0.05, 0.1) is 0 Å². The molecule has 0 aliphatic rings. The normalized spacial score (nSPS) is 12.9. The second kappa shape index (κ2) is 6.42. The number of rotatable bonds is 5. The minimum absolute atomic E-state index is 0.154. The highest BCUT2D eigenvalue weighted by Gasteiger charge is 2.31. The van der Waals surface area contributed by atoms with Crippen LogP contribution in [0.1, 0.15) is 23.7 Å². The summed E-state index contributed by atoms with van der Waals surface area (Å²) in [6, 6.07) is 4.55. The quantitative estimate of drug-likeness (QED) is 0.865. The van der Waals surface area contributed by atoms with Gasteiger partial charge < -0.3 is 15.8 Å². The molecule has 0 aliphatic heterocycles. The van der Waals surface area contributed by atoms with Crippen LogP contribution >= 0.6 is 0 Å². The SMILES string of the molecule is CCC(CN)NC(=O)c1ccc(OC(F)(F)F)cc1. The maximum absolute atomic E-state index is 11.9. The number of carbonyl (C=O) groups excluding carboxylic acids is 1. The molecule has 0 radical (unpaired) electrons. The van der Waals surface area contributed by atoms with Crippen LogP contribution in [-0.4, -0.2) is 24.9 Å². The molecule has 7 heteroatoms. The lowest BCUT2D eigenvalue weighted by atomic mass is 10.1. The van der Waals surface area contributed by atoms with Gasteiger partial charge in [0.1, 0.15) is 5.75 Å². The Morgan fingerprint density at radius 1 is 1.37 bits per heavy atom. The summed E-state index contributed by atoms with van der Waals surface area (Å²) < 4.78 is 39.6. The first-order valence-corrected chi connectivity index (χ1v) is 5.72. The monoisotopic (exact) mass is 276 g/mol. The van der Waals surface area contributed by atoms with E-state index in [2.05, 4.69) is 10.1 Å². The van der Waals surface area contributed by atoms with Crippen molar-refractivity contribution in [1.29, 1.82) is 0 Å². The standard InChI is InChI=1S/C12H15F3N2O2/c1-2-9(7-16)17-11(18)8-3-5-10(6-4-8)19-12(13,14)15/h3-6,9H,2,7,16H2,1H3,(H,17,18). The van der Waals surface area contributed by atoms with E-state index in [0.29, 0.717) is 13.0 Å². The summed E-state index contributed by atoms with van der Waals surface area (Å²) in [4.78, 5) is 11.7. The number of nitrogens with one attached hydrogen (secondary N) is 1. The van der Waals surface area contributed by atoms with E-state index in [1.165, 1.54) is 12.1 Å². The van der Waals surface area contributed by atoms with Crippen molar-refractivity contribution in [3.63, 3.8) is 0 Å². The Hall–Kier alpha value is -1.76. The van der Waals surface area contributed by atoms with Crippen LogP contribution in [0.15, 0.2) is 24.3 Å². The summed E-state index contributed by atoms with van der Waals surface area (Å²) in [5, 5.41) is 2.67. The molecule has 3 N–H and O–H groups in total. The molecular formula is C12H15F3N2O2. The van der Waals surface area contributed by atoms with E-state index in [-0.39, 0.29) is 23.3 Å². The van der Waals surface area contributed by atoms with E-state index < -0.39 is 6.36 Å². The van der Waals surface area contributed by atoms with Crippen LogP contribution < -0.4 is 15.8 Å². The van der Waals surface area contributed by atoms with E-state index in [4.69, 9.17) is 5.73 Å². The van der Waals surface area contributed by atoms with E-state index >= 15 is 0 Å². The van der Waals surface area contributed by atoms with Gasteiger partial charge in [0.15, 0.2) is 0 Å². The molecule has 0 aliphatic carbocycles. The zero-order chi connectivity index (χ0) is 14.5. The minimum atomic E-state index is -4.74. The molecule has 4 nitrogen and oxygen atoms in total. The van der Waals surface area contributed by atoms with Crippen LogP contribution in [0.4, 0.5) is 13.2 Å². The number of nitrogens with two attached hydrogens (primary N) is 1. The summed E-state index contributed by atoms with van der Waals surface area (Å²) in [5.41, 5.74) is 5.69. The predicted octanol–water partition coefficient (Wildman–Crippen LogP) is 2.05. The van der Waals surface area contributed by atoms with Crippen molar-refractivity contribution in [2.24, 2.45) is 5.73 Å². The highest BCUT2D eigenvalue weighted by Crippen LogP contribution is 2.22. The van der Waals surface area contributed by atoms with Gasteiger partial charge in [-0.15, -0.1) is 13.2 Å². The molecule has 0 aromatic heterocycles. The summed E-state index contributed by atoms with van der Waals surface area (Å²) in [7, 11) is 0. The van der Waals surface area contributed by atoms with Gasteiger partial charge in [0, 0.05) is 18.2 Å². The fourth-order valence-corrected chi connectivity index (χ4v) is 1.40. The molecule has 1 rings (SSSR count). The number of benzene rings is 1. The Morgan fingerprint density at radius 3 is 2.37 bits per heavy atom. The highest BCUT2D eigenvalue weighted by atomic mass is 19.4. The lowest BCUT2D eigenvalue weighted by molar-refractivity contribution is -0.274. The molecule has 1 aromatic carbocycles. The summed E-state index contributed by atoms with van der Waals surface area (Å²) in [6.07, 6.45) is -4.06. The average molecular weight is 276 g/mol. The third-order valence-electron chi connectivity index (χ3n) is 2.46. The maximum atomic E-state index is 11.9. The molecular weight excluding hydrogens is 261 g/mol. The molecule has 1 aromatic rings. The molecule has 19 heavy (non-hydrogen) atoms. The molecule has 1 unspecified atom stereocenters. The molecule has 0 saturated heterocycles. The number of hydrogen-bond acceptors (Lipinski definition) is 3. The number of carbonyl (C=O) groups is 1. The van der Waals surface area contributed by atoms with Gasteiger partial charge in [0.2, 0.25) is 0 Å². The molecule has 0 heterocycles. The Balaban J connectivity index is 2.68. The molecule has 0 spiro atoms. The maximum Gasteiger partial charge on any atom is 0.573 e. The summed E-state index contributed by atoms with van der Waals surface area (Å²) in [6.45, 7) is 2.18. The van der Waals surface area contributed by atoms with E-state index in [9.17, 15) is 18.0 Å². The third kappa shape index (κ3) is 5.17. The minimum Gasteiger partial charge on any atom is -0.406 e. The number of hydrogen-bond donors (Lipinski definition) is 2. The van der Waals surface area contributed by atoms with Crippen molar-refractivity contribution < 1.29 is 22.7 Å². The van der Waals surface area contributed by atoms with Gasteiger partial charge in [-0.1, -0.05) is 6.92 Å². The first-order chi connectivity index (χ1) is 8.85. The van der Waals surface area contributed by atoms with Crippen molar-refractivity contribution in [2.45, 2.75) is 25.7 Å². The summed E-state index contributed by atoms with van der Waals surface area (Å²) >= 11 is 0. The fraction of sp³-hybridized carbons (Fsp3) is 0.417. The highest BCUT2D eigenvalue weighted by molar-refractivity contribution is 5.94. The second-order valence-corrected chi connectivity index (χ2v) is 3.89. The van der Waals surface area contributed by atoms with Gasteiger partial charge in [-0.05, 0) is 30.7 Å². The first-order valence-electron chi connectivity index (χ1n) is 5.72. The van der Waals surface area contributed by atoms with E-state index in [0.717, 1.165) is 12.1 Å². The van der Waals surface area contributed by atoms with Crippen LogP contribution in [0.5, 0.6) is 5.75 Å². The lowest BCUT2D eigenvalue weighted by Gasteiger charge is -2.14. The van der Waals surface area contributed by atoms with Crippen molar-refractivity contribution in [2.75, 3.05) is 6.54 Å². The van der Waals surface area contributed by atoms with Crippen LogP contribution in [-0.2, 0) is 0 Å². The zero-order valence-corrected chi connectivity index (χ0v) is 10.3. The summed E-state index contributed by atoms with van der Waals surface area (Å²) in [5.74, 6) is -0.745. The van der Waals surface area contributed by atoms with E-state index in [1.807, 2.05) is 6.92 Å². The lowest BCUT2D eigenvalue weighted by Crippen LogP contribution is -2.39. The third-order valence-corrected chi connectivity index (χ3v) is 2.46. The number of alkyl halides is 3. The average Bonchev–Trinajstić information content (AvgIpc) is 2.34. The van der Waals surface area contributed by atoms with Gasteiger partial charge >= 0.3 is 6.36 Å². The number of halogens is 3. The number of amides is 1. The molecule has 0 bridgehead atoms. The molecule has 0 fully saturated rings. The molecule has 106 valence electrons. The molecule has 1 atom stereocenters. The Labute approximate surface area is 108 Å². The Morgan fingerprint density at radius 2 is 1.95 bits per heavy atom. The van der Waals surface area contributed by atoms with Crippen LogP contribution in [0.25, 0.3) is 0 Å². The molecule has 1 amide bonds. The zero-order valence-electron chi connectivity index (χ0n) is 10.3. The van der Waals surface area contributed by atoms with Crippen LogP contribution in [0, 0.1) is 0 Å². The van der Waals surface area contributed by atoms with Gasteiger partial charge in [-0.2, -0.15) is 0 Å². The van der Waals surface area contributed by atoms with Crippen LogP contribution in [0.2, 0.25) is 0 Å². The first kappa shape index (κ1) is 15.3. The molecule has 0 saturated carbocycles. The fourth-order valence-electron chi connectivity index (χ4n) is 1.40. The van der Waals surface area contributed by atoms with Crippen LogP contribution in [0.3, 0.4) is 0 Å². The second-order valence-electron chi connectivity index (χ2n) is 3.89. The van der Waals surface area contributed by atoms with Crippen molar-refractivity contribution >= 4 is 5.91 Å². The van der Waals surface area contributed by atoms with E-state index in [1.54, 1.807) is 0 Å². The Bertz CT molecular complexity index is 414. The topological polar surface area (TPSA) is 64.3 Å². The van der Waals surface area contributed by atoms with Gasteiger partial charge in [0.25, 0.3) is 5.91 Å². The van der Waals surface area contributed by atoms with Crippen molar-refractivity contribution in [3.8, 4) is 5.75 Å². The largest absolute Gasteiger partial charge is 0.573 e.